The molecule has 5 rings (SSSR count). The van der Waals surface area contributed by atoms with E-state index in [2.05, 4.69) is 39.8 Å². The number of carbonyl (C=O) groups excluding carboxylic acids is 1. The highest BCUT2D eigenvalue weighted by molar-refractivity contribution is 5.90. The molecular weight excluding hydrogens is 364 g/mol. The van der Waals surface area contributed by atoms with Gasteiger partial charge in [-0.3, -0.25) is 4.90 Å². The molecule has 0 saturated carbocycles. The number of benzene rings is 2. The van der Waals surface area contributed by atoms with Crippen molar-refractivity contribution in [3.05, 3.63) is 48.0 Å². The van der Waals surface area contributed by atoms with E-state index in [0.717, 1.165) is 81.3 Å². The average Bonchev–Trinajstić information content (AvgIpc) is 3.44. The Labute approximate surface area is 171 Å². The number of ether oxygens (including phenoxy) is 1. The first-order valence-electron chi connectivity index (χ1n) is 10.6. The van der Waals surface area contributed by atoms with Crippen LogP contribution >= 0.6 is 0 Å². The van der Waals surface area contributed by atoms with Crippen LogP contribution in [0.2, 0.25) is 0 Å². The standard InChI is InChI=1S/C23H28N4O2/c28-23(27-10-6-21(16-27)26-11-8-24-9-12-26)25-20-3-1-2-17(15-20)18-4-5-22-19(14-18)7-13-29-22/h1-5,14-15,21,24H,6-13,16H2,(H,25,28). The molecule has 1 unspecified atom stereocenters. The maximum Gasteiger partial charge on any atom is 0.321 e. The number of piperazine rings is 1. The van der Waals surface area contributed by atoms with Crippen molar-refractivity contribution in [1.29, 1.82) is 0 Å². The maximum absolute atomic E-state index is 12.8. The van der Waals surface area contributed by atoms with Gasteiger partial charge in [-0.25, -0.2) is 4.79 Å². The zero-order valence-corrected chi connectivity index (χ0v) is 16.7. The molecule has 3 aliphatic heterocycles. The van der Waals surface area contributed by atoms with Gasteiger partial charge in [0.1, 0.15) is 5.75 Å². The van der Waals surface area contributed by atoms with E-state index in [1.165, 1.54) is 5.56 Å². The lowest BCUT2D eigenvalue weighted by molar-refractivity contribution is 0.172. The van der Waals surface area contributed by atoms with E-state index in [9.17, 15) is 4.79 Å². The lowest BCUT2D eigenvalue weighted by Crippen LogP contribution is -2.49. The predicted octanol–water partition coefficient (Wildman–Crippen LogP) is 2.80. The van der Waals surface area contributed by atoms with Crippen LogP contribution in [-0.2, 0) is 6.42 Å². The van der Waals surface area contributed by atoms with Gasteiger partial charge in [-0.2, -0.15) is 0 Å². The van der Waals surface area contributed by atoms with Crippen molar-refractivity contribution in [1.82, 2.24) is 15.1 Å². The van der Waals surface area contributed by atoms with Crippen molar-refractivity contribution in [2.75, 3.05) is 51.2 Å². The third kappa shape index (κ3) is 3.95. The number of nitrogens with one attached hydrogen (secondary N) is 2. The molecule has 3 heterocycles. The molecule has 6 heteroatoms. The van der Waals surface area contributed by atoms with Gasteiger partial charge in [-0.1, -0.05) is 18.2 Å². The quantitative estimate of drug-likeness (QED) is 0.843. The lowest BCUT2D eigenvalue weighted by Gasteiger charge is -2.32. The fourth-order valence-electron chi connectivity index (χ4n) is 4.62. The first-order valence-corrected chi connectivity index (χ1v) is 10.6. The van der Waals surface area contributed by atoms with Crippen molar-refractivity contribution >= 4 is 11.7 Å². The lowest BCUT2D eigenvalue weighted by atomic mass is 10.0. The van der Waals surface area contributed by atoms with Gasteiger partial charge >= 0.3 is 6.03 Å². The van der Waals surface area contributed by atoms with Gasteiger partial charge in [0.25, 0.3) is 0 Å². The van der Waals surface area contributed by atoms with E-state index in [4.69, 9.17) is 4.74 Å². The molecule has 6 nitrogen and oxygen atoms in total. The van der Waals surface area contributed by atoms with Crippen LogP contribution in [0.15, 0.2) is 42.5 Å². The van der Waals surface area contributed by atoms with Gasteiger partial charge in [0.05, 0.1) is 6.61 Å². The number of anilines is 1. The Morgan fingerprint density at radius 1 is 1.07 bits per heavy atom. The molecule has 0 spiro atoms. The Morgan fingerprint density at radius 3 is 2.83 bits per heavy atom. The Kier molecular flexibility index (Phi) is 5.12. The molecule has 2 fully saturated rings. The van der Waals surface area contributed by atoms with Crippen LogP contribution in [0, 0.1) is 0 Å². The van der Waals surface area contributed by atoms with E-state index < -0.39 is 0 Å². The van der Waals surface area contributed by atoms with Crippen LogP contribution < -0.4 is 15.4 Å². The largest absolute Gasteiger partial charge is 0.493 e. The number of nitrogens with zero attached hydrogens (tertiary/aromatic N) is 2. The van der Waals surface area contributed by atoms with E-state index in [1.807, 2.05) is 23.1 Å². The highest BCUT2D eigenvalue weighted by Gasteiger charge is 2.30. The van der Waals surface area contributed by atoms with Crippen molar-refractivity contribution in [2.45, 2.75) is 18.9 Å². The normalized spacial score (nSPS) is 21.7. The van der Waals surface area contributed by atoms with Crippen LogP contribution in [-0.4, -0.2) is 67.7 Å². The minimum absolute atomic E-state index is 0.00198. The Bertz CT molecular complexity index is 894. The smallest absolute Gasteiger partial charge is 0.321 e. The number of hydrogen-bond acceptors (Lipinski definition) is 4. The number of hydrogen-bond donors (Lipinski definition) is 2. The fourth-order valence-corrected chi connectivity index (χ4v) is 4.62. The topological polar surface area (TPSA) is 56.8 Å². The van der Waals surface area contributed by atoms with Gasteiger partial charge < -0.3 is 20.3 Å². The van der Waals surface area contributed by atoms with Gasteiger partial charge in [0, 0.05) is 57.4 Å². The molecule has 2 N–H and O–H groups in total. The summed E-state index contributed by atoms with van der Waals surface area (Å²) >= 11 is 0. The fraction of sp³-hybridized carbons (Fsp3) is 0.435. The Hall–Kier alpha value is -2.57. The number of carbonyl (C=O) groups is 1. The summed E-state index contributed by atoms with van der Waals surface area (Å²) < 4.78 is 5.61. The predicted molar refractivity (Wildman–Crippen MR) is 115 cm³/mol. The number of urea groups is 1. The second-order valence-corrected chi connectivity index (χ2v) is 8.11. The summed E-state index contributed by atoms with van der Waals surface area (Å²) in [6.07, 6.45) is 2.02. The van der Waals surface area contributed by atoms with E-state index in [0.29, 0.717) is 6.04 Å². The van der Waals surface area contributed by atoms with E-state index in [1.54, 1.807) is 0 Å². The minimum Gasteiger partial charge on any atom is -0.493 e. The molecule has 2 aromatic rings. The summed E-state index contributed by atoms with van der Waals surface area (Å²) in [7, 11) is 0. The highest BCUT2D eigenvalue weighted by Crippen LogP contribution is 2.31. The van der Waals surface area contributed by atoms with E-state index in [-0.39, 0.29) is 6.03 Å². The number of amides is 2. The molecule has 0 bridgehead atoms. The third-order valence-corrected chi connectivity index (χ3v) is 6.26. The maximum atomic E-state index is 12.8. The second kappa shape index (κ2) is 8.05. The van der Waals surface area contributed by atoms with Gasteiger partial charge in [-0.15, -0.1) is 0 Å². The minimum atomic E-state index is 0.00198. The van der Waals surface area contributed by atoms with Crippen molar-refractivity contribution < 1.29 is 9.53 Å². The van der Waals surface area contributed by atoms with Crippen LogP contribution in [0.5, 0.6) is 5.75 Å². The first kappa shape index (κ1) is 18.5. The first-order chi connectivity index (χ1) is 14.3. The summed E-state index contributed by atoms with van der Waals surface area (Å²) in [6, 6.07) is 14.9. The molecule has 2 aromatic carbocycles. The molecule has 152 valence electrons. The van der Waals surface area contributed by atoms with Crippen molar-refractivity contribution in [3.63, 3.8) is 0 Å². The zero-order valence-electron chi connectivity index (χ0n) is 16.7. The molecule has 2 saturated heterocycles. The van der Waals surface area contributed by atoms with Crippen molar-refractivity contribution in [2.24, 2.45) is 0 Å². The molecule has 2 amide bonds. The van der Waals surface area contributed by atoms with Gasteiger partial charge in [0.15, 0.2) is 0 Å². The zero-order chi connectivity index (χ0) is 19.6. The molecule has 0 aromatic heterocycles. The molecule has 0 radical (unpaired) electrons. The monoisotopic (exact) mass is 392 g/mol. The van der Waals surface area contributed by atoms with Crippen LogP contribution in [0.1, 0.15) is 12.0 Å². The van der Waals surface area contributed by atoms with Crippen LogP contribution in [0.4, 0.5) is 10.5 Å². The van der Waals surface area contributed by atoms with Crippen molar-refractivity contribution in [3.8, 4) is 16.9 Å². The van der Waals surface area contributed by atoms with Crippen LogP contribution in [0.25, 0.3) is 11.1 Å². The summed E-state index contributed by atoms with van der Waals surface area (Å²) in [5, 5.41) is 6.50. The molecule has 3 aliphatic rings. The molecular formula is C23H28N4O2. The summed E-state index contributed by atoms with van der Waals surface area (Å²) in [6.45, 7) is 6.65. The molecule has 29 heavy (non-hydrogen) atoms. The highest BCUT2D eigenvalue weighted by atomic mass is 16.5. The Balaban J connectivity index is 1.24. The second-order valence-electron chi connectivity index (χ2n) is 8.11. The number of rotatable bonds is 3. The summed E-state index contributed by atoms with van der Waals surface area (Å²) in [5.41, 5.74) is 4.37. The SMILES string of the molecule is O=C(Nc1cccc(-c2ccc3c(c2)CCO3)c1)N1CCC(N2CCNCC2)C1. The third-order valence-electron chi connectivity index (χ3n) is 6.26. The molecule has 1 atom stereocenters. The summed E-state index contributed by atoms with van der Waals surface area (Å²) in [5.74, 6) is 0.992. The number of likely N-dealkylation sites (tertiary alicyclic amines) is 1. The average molecular weight is 393 g/mol. The van der Waals surface area contributed by atoms with Crippen LogP contribution in [0.3, 0.4) is 0 Å². The number of fused-ring (bicyclic) bond motifs is 1. The van der Waals surface area contributed by atoms with Gasteiger partial charge in [-0.05, 0) is 47.4 Å². The summed E-state index contributed by atoms with van der Waals surface area (Å²) in [4.78, 5) is 17.3. The Morgan fingerprint density at radius 2 is 1.93 bits per heavy atom. The van der Waals surface area contributed by atoms with Gasteiger partial charge in [0.2, 0.25) is 0 Å². The van der Waals surface area contributed by atoms with E-state index >= 15 is 0 Å². The molecule has 0 aliphatic carbocycles.